The monoisotopic (exact) mass is 282 g/mol. The van der Waals surface area contributed by atoms with Crippen molar-refractivity contribution in [2.24, 2.45) is 0 Å². The SMILES string of the molecule is COc1cc(C(=O)NC(CCO)c2cccs2)on1. The van der Waals surface area contributed by atoms with Crippen LogP contribution in [-0.2, 0) is 0 Å². The highest BCUT2D eigenvalue weighted by molar-refractivity contribution is 7.10. The Hall–Kier alpha value is -1.86. The fourth-order valence-corrected chi connectivity index (χ4v) is 2.41. The van der Waals surface area contributed by atoms with Gasteiger partial charge in [-0.1, -0.05) is 6.07 Å². The third-order valence-corrected chi connectivity index (χ3v) is 3.52. The Morgan fingerprint density at radius 3 is 3.11 bits per heavy atom. The molecule has 0 radical (unpaired) electrons. The first-order valence-electron chi connectivity index (χ1n) is 5.70. The summed E-state index contributed by atoms with van der Waals surface area (Å²) in [5.74, 6) is -0.0565. The van der Waals surface area contributed by atoms with E-state index in [4.69, 9.17) is 14.4 Å². The van der Waals surface area contributed by atoms with E-state index in [1.54, 1.807) is 0 Å². The summed E-state index contributed by atoms with van der Waals surface area (Å²) in [6.07, 6.45) is 0.442. The molecule has 2 rings (SSSR count). The molecule has 7 heteroatoms. The molecule has 0 saturated heterocycles. The Balaban J connectivity index is 2.06. The van der Waals surface area contributed by atoms with Gasteiger partial charge in [-0.05, 0) is 23.0 Å². The van der Waals surface area contributed by atoms with Crippen molar-refractivity contribution in [1.29, 1.82) is 0 Å². The van der Waals surface area contributed by atoms with E-state index >= 15 is 0 Å². The highest BCUT2D eigenvalue weighted by Gasteiger charge is 2.19. The number of aromatic nitrogens is 1. The third-order valence-electron chi connectivity index (χ3n) is 2.53. The Labute approximate surface area is 114 Å². The molecule has 0 fully saturated rings. The summed E-state index contributed by atoms with van der Waals surface area (Å²) < 4.78 is 9.71. The van der Waals surface area contributed by atoms with Gasteiger partial charge in [-0.25, -0.2) is 0 Å². The lowest BCUT2D eigenvalue weighted by Crippen LogP contribution is -2.28. The molecular weight excluding hydrogens is 268 g/mol. The van der Waals surface area contributed by atoms with Crippen LogP contribution in [0.1, 0.15) is 27.9 Å². The number of aliphatic hydroxyl groups is 1. The Kier molecular flexibility index (Phi) is 4.53. The summed E-state index contributed by atoms with van der Waals surface area (Å²) in [6, 6.07) is 4.98. The first-order valence-corrected chi connectivity index (χ1v) is 6.58. The zero-order chi connectivity index (χ0) is 13.7. The van der Waals surface area contributed by atoms with Crippen LogP contribution in [0.4, 0.5) is 0 Å². The quantitative estimate of drug-likeness (QED) is 0.840. The molecule has 0 aliphatic heterocycles. The standard InChI is InChI=1S/C12H14N2O4S/c1-17-11-7-9(18-14-11)12(16)13-8(4-5-15)10-3-2-6-19-10/h2-3,6-8,15H,4-5H2,1H3,(H,13,16). The van der Waals surface area contributed by atoms with E-state index in [9.17, 15) is 4.79 Å². The van der Waals surface area contributed by atoms with Crippen LogP contribution in [0.15, 0.2) is 28.1 Å². The summed E-state index contributed by atoms with van der Waals surface area (Å²) in [7, 11) is 1.44. The molecule has 0 aromatic carbocycles. The molecule has 102 valence electrons. The second kappa shape index (κ2) is 6.35. The molecule has 2 aromatic heterocycles. The normalized spacial score (nSPS) is 12.1. The van der Waals surface area contributed by atoms with E-state index in [0.29, 0.717) is 6.42 Å². The second-order valence-corrected chi connectivity index (χ2v) is 4.77. The Bertz CT molecular complexity index is 524. The molecule has 1 atom stereocenters. The van der Waals surface area contributed by atoms with Gasteiger partial charge in [-0.15, -0.1) is 11.3 Å². The van der Waals surface area contributed by atoms with E-state index in [1.807, 2.05) is 17.5 Å². The van der Waals surface area contributed by atoms with Crippen LogP contribution < -0.4 is 10.1 Å². The van der Waals surface area contributed by atoms with Crippen LogP contribution in [0.3, 0.4) is 0 Å². The van der Waals surface area contributed by atoms with E-state index in [-0.39, 0.29) is 30.2 Å². The molecule has 6 nitrogen and oxygen atoms in total. The minimum absolute atomic E-state index is 0.0113. The van der Waals surface area contributed by atoms with Gasteiger partial charge in [0.05, 0.1) is 19.2 Å². The molecule has 1 unspecified atom stereocenters. The number of aliphatic hydroxyl groups excluding tert-OH is 1. The summed E-state index contributed by atoms with van der Waals surface area (Å²) in [6.45, 7) is -0.0113. The summed E-state index contributed by atoms with van der Waals surface area (Å²) in [5.41, 5.74) is 0. The number of methoxy groups -OCH3 is 1. The fourth-order valence-electron chi connectivity index (χ4n) is 1.60. The van der Waals surface area contributed by atoms with Crippen LogP contribution in [0, 0.1) is 0 Å². The minimum Gasteiger partial charge on any atom is -0.479 e. The fraction of sp³-hybridized carbons (Fsp3) is 0.333. The van der Waals surface area contributed by atoms with Crippen molar-refractivity contribution < 1.29 is 19.2 Å². The van der Waals surface area contributed by atoms with Crippen molar-refractivity contribution in [3.63, 3.8) is 0 Å². The lowest BCUT2D eigenvalue weighted by atomic mass is 10.1. The molecule has 2 aromatic rings. The number of nitrogens with zero attached hydrogens (tertiary/aromatic N) is 1. The highest BCUT2D eigenvalue weighted by atomic mass is 32.1. The number of rotatable bonds is 6. The molecule has 2 N–H and O–H groups in total. The molecule has 0 aliphatic rings. The Morgan fingerprint density at radius 2 is 2.53 bits per heavy atom. The zero-order valence-corrected chi connectivity index (χ0v) is 11.1. The van der Waals surface area contributed by atoms with Crippen molar-refractivity contribution >= 4 is 17.2 Å². The third kappa shape index (κ3) is 3.33. The van der Waals surface area contributed by atoms with E-state index in [0.717, 1.165) is 4.88 Å². The molecule has 0 spiro atoms. The lowest BCUT2D eigenvalue weighted by Gasteiger charge is -2.15. The van der Waals surface area contributed by atoms with Gasteiger partial charge in [-0.2, -0.15) is 0 Å². The average molecular weight is 282 g/mol. The molecule has 19 heavy (non-hydrogen) atoms. The van der Waals surface area contributed by atoms with Gasteiger partial charge in [0, 0.05) is 11.5 Å². The summed E-state index contributed by atoms with van der Waals surface area (Å²) in [4.78, 5) is 13.0. The number of thiophene rings is 1. The Morgan fingerprint density at radius 1 is 1.68 bits per heavy atom. The minimum atomic E-state index is -0.386. The van der Waals surface area contributed by atoms with Gasteiger partial charge in [0.2, 0.25) is 5.76 Å². The number of carbonyl (C=O) groups is 1. The maximum Gasteiger partial charge on any atom is 0.290 e. The zero-order valence-electron chi connectivity index (χ0n) is 10.3. The second-order valence-electron chi connectivity index (χ2n) is 3.79. The summed E-state index contributed by atoms with van der Waals surface area (Å²) in [5, 5.41) is 17.3. The molecule has 0 bridgehead atoms. The molecule has 2 heterocycles. The van der Waals surface area contributed by atoms with Crippen LogP contribution in [0.2, 0.25) is 0 Å². The number of amides is 1. The van der Waals surface area contributed by atoms with E-state index < -0.39 is 0 Å². The highest BCUT2D eigenvalue weighted by Crippen LogP contribution is 2.22. The van der Waals surface area contributed by atoms with Crippen molar-refractivity contribution in [2.45, 2.75) is 12.5 Å². The van der Waals surface area contributed by atoms with Crippen LogP contribution >= 0.6 is 11.3 Å². The summed E-state index contributed by atoms with van der Waals surface area (Å²) >= 11 is 1.52. The molecule has 0 aliphatic carbocycles. The topological polar surface area (TPSA) is 84.6 Å². The van der Waals surface area contributed by atoms with E-state index in [1.165, 1.54) is 24.5 Å². The van der Waals surface area contributed by atoms with Crippen LogP contribution in [0.25, 0.3) is 0 Å². The van der Waals surface area contributed by atoms with Gasteiger partial charge in [0.15, 0.2) is 0 Å². The lowest BCUT2D eigenvalue weighted by molar-refractivity contribution is 0.0893. The maximum absolute atomic E-state index is 12.0. The molecule has 1 amide bonds. The maximum atomic E-state index is 12.0. The number of carbonyl (C=O) groups excluding carboxylic acids is 1. The van der Waals surface area contributed by atoms with Crippen molar-refractivity contribution in [1.82, 2.24) is 10.5 Å². The number of ether oxygens (including phenoxy) is 1. The molecule has 0 saturated carbocycles. The van der Waals surface area contributed by atoms with E-state index in [2.05, 4.69) is 10.5 Å². The van der Waals surface area contributed by atoms with Crippen molar-refractivity contribution in [3.8, 4) is 5.88 Å². The van der Waals surface area contributed by atoms with Crippen molar-refractivity contribution in [2.75, 3.05) is 13.7 Å². The largest absolute Gasteiger partial charge is 0.479 e. The van der Waals surface area contributed by atoms with Gasteiger partial charge in [-0.3, -0.25) is 4.79 Å². The number of hydrogen-bond acceptors (Lipinski definition) is 6. The smallest absolute Gasteiger partial charge is 0.290 e. The first-order chi connectivity index (χ1) is 9.24. The number of nitrogens with one attached hydrogen (secondary N) is 1. The van der Waals surface area contributed by atoms with Gasteiger partial charge in [0.25, 0.3) is 11.8 Å². The van der Waals surface area contributed by atoms with Crippen LogP contribution in [-0.4, -0.2) is 29.9 Å². The van der Waals surface area contributed by atoms with Crippen molar-refractivity contribution in [3.05, 3.63) is 34.2 Å². The van der Waals surface area contributed by atoms with Gasteiger partial charge >= 0.3 is 0 Å². The predicted octanol–water partition coefficient (Wildman–Crippen LogP) is 1.60. The van der Waals surface area contributed by atoms with Gasteiger partial charge < -0.3 is 19.7 Å². The van der Waals surface area contributed by atoms with Crippen LogP contribution in [0.5, 0.6) is 5.88 Å². The molecular formula is C12H14N2O4S. The predicted molar refractivity (Wildman–Crippen MR) is 69.3 cm³/mol. The average Bonchev–Trinajstić information content (AvgIpc) is 3.09. The van der Waals surface area contributed by atoms with Gasteiger partial charge in [0.1, 0.15) is 0 Å². The first kappa shape index (κ1) is 13.6. The number of hydrogen-bond donors (Lipinski definition) is 2.